The molecule has 4 nitrogen and oxygen atoms in total. The third-order valence-corrected chi connectivity index (χ3v) is 2.46. The van der Waals surface area contributed by atoms with Crippen LogP contribution in [0.1, 0.15) is 11.3 Å². The van der Waals surface area contributed by atoms with Gasteiger partial charge in [-0.15, -0.1) is 0 Å². The summed E-state index contributed by atoms with van der Waals surface area (Å²) in [4.78, 5) is 19.0. The Labute approximate surface area is 99.0 Å². The van der Waals surface area contributed by atoms with E-state index in [1.165, 1.54) is 0 Å². The number of carbonyl (C=O) groups is 1. The summed E-state index contributed by atoms with van der Waals surface area (Å²) >= 11 is 0. The van der Waals surface area contributed by atoms with Gasteiger partial charge in [0.2, 0.25) is 0 Å². The Morgan fingerprint density at radius 2 is 1.82 bits per heavy atom. The number of carboxylic acid groups (broad SMARTS) is 1. The smallest absolute Gasteiger partial charge is 0.307 e. The van der Waals surface area contributed by atoms with E-state index in [4.69, 9.17) is 5.11 Å². The molecule has 0 aliphatic carbocycles. The highest BCUT2D eigenvalue weighted by Gasteiger charge is 2.05. The largest absolute Gasteiger partial charge is 0.481 e. The van der Waals surface area contributed by atoms with Crippen molar-refractivity contribution in [1.29, 1.82) is 0 Å². The zero-order chi connectivity index (χ0) is 12.3. The Morgan fingerprint density at radius 1 is 1.18 bits per heavy atom. The minimum absolute atomic E-state index is 0.0414. The fourth-order valence-electron chi connectivity index (χ4n) is 1.65. The van der Waals surface area contributed by atoms with Crippen molar-refractivity contribution in [3.05, 3.63) is 47.9 Å². The maximum absolute atomic E-state index is 10.6. The van der Waals surface area contributed by atoms with Crippen molar-refractivity contribution < 1.29 is 9.90 Å². The maximum Gasteiger partial charge on any atom is 0.307 e. The standard InChI is InChI=1S/C13H12N2O2/c1-9-13(15-7-6-14-9)11-4-2-10(3-5-11)8-12(16)17/h2-7H,8H2,1H3,(H,16,17). The van der Waals surface area contributed by atoms with Crippen molar-refractivity contribution in [2.45, 2.75) is 13.3 Å². The molecule has 0 atom stereocenters. The number of carboxylic acids is 1. The van der Waals surface area contributed by atoms with Crippen molar-refractivity contribution in [3.8, 4) is 11.3 Å². The van der Waals surface area contributed by atoms with Crippen LogP contribution in [0.4, 0.5) is 0 Å². The second-order valence-corrected chi connectivity index (χ2v) is 3.76. The van der Waals surface area contributed by atoms with Gasteiger partial charge in [0.25, 0.3) is 0 Å². The first-order chi connectivity index (χ1) is 8.16. The summed E-state index contributed by atoms with van der Waals surface area (Å²) in [6.45, 7) is 1.90. The molecule has 0 aliphatic heterocycles. The first-order valence-corrected chi connectivity index (χ1v) is 5.25. The molecule has 1 N–H and O–H groups in total. The van der Waals surface area contributed by atoms with Crippen molar-refractivity contribution >= 4 is 5.97 Å². The zero-order valence-corrected chi connectivity index (χ0v) is 9.42. The number of aromatic nitrogens is 2. The molecule has 1 aromatic carbocycles. The molecule has 2 aromatic rings. The average molecular weight is 228 g/mol. The Hall–Kier alpha value is -2.23. The molecule has 0 bridgehead atoms. The van der Waals surface area contributed by atoms with E-state index >= 15 is 0 Å². The topological polar surface area (TPSA) is 63.1 Å². The fraction of sp³-hybridized carbons (Fsp3) is 0.154. The van der Waals surface area contributed by atoms with Crippen molar-refractivity contribution in [1.82, 2.24) is 9.97 Å². The number of aliphatic carboxylic acids is 1. The number of hydrogen-bond donors (Lipinski definition) is 1. The molecule has 0 saturated carbocycles. The van der Waals surface area contributed by atoms with Gasteiger partial charge in [-0.1, -0.05) is 24.3 Å². The quantitative estimate of drug-likeness (QED) is 0.873. The van der Waals surface area contributed by atoms with Gasteiger partial charge in [-0.25, -0.2) is 0 Å². The second-order valence-electron chi connectivity index (χ2n) is 3.76. The lowest BCUT2D eigenvalue weighted by molar-refractivity contribution is -0.136. The normalized spacial score (nSPS) is 10.2. The number of hydrogen-bond acceptors (Lipinski definition) is 3. The number of aryl methyl sites for hydroxylation is 1. The van der Waals surface area contributed by atoms with Crippen LogP contribution in [-0.2, 0) is 11.2 Å². The van der Waals surface area contributed by atoms with Crippen LogP contribution in [-0.4, -0.2) is 21.0 Å². The van der Waals surface area contributed by atoms with E-state index in [1.807, 2.05) is 19.1 Å². The predicted molar refractivity (Wildman–Crippen MR) is 63.5 cm³/mol. The summed E-state index contributed by atoms with van der Waals surface area (Å²) in [5.74, 6) is -0.826. The first-order valence-electron chi connectivity index (χ1n) is 5.25. The minimum atomic E-state index is -0.826. The molecule has 0 spiro atoms. The van der Waals surface area contributed by atoms with Crippen LogP contribution in [0.15, 0.2) is 36.7 Å². The molecule has 4 heteroatoms. The predicted octanol–water partition coefficient (Wildman–Crippen LogP) is 2.08. The van der Waals surface area contributed by atoms with Gasteiger partial charge in [-0.3, -0.25) is 14.8 Å². The van der Waals surface area contributed by atoms with Gasteiger partial charge in [0.1, 0.15) is 0 Å². The molecular weight excluding hydrogens is 216 g/mol. The Balaban J connectivity index is 2.30. The third kappa shape index (κ3) is 2.66. The van der Waals surface area contributed by atoms with Crippen LogP contribution in [0.3, 0.4) is 0 Å². The van der Waals surface area contributed by atoms with E-state index in [0.29, 0.717) is 0 Å². The highest BCUT2D eigenvalue weighted by atomic mass is 16.4. The Morgan fingerprint density at radius 3 is 2.41 bits per heavy atom. The number of nitrogens with zero attached hydrogens (tertiary/aromatic N) is 2. The van der Waals surface area contributed by atoms with Crippen molar-refractivity contribution in [3.63, 3.8) is 0 Å². The Bertz CT molecular complexity index is 535. The molecule has 17 heavy (non-hydrogen) atoms. The summed E-state index contributed by atoms with van der Waals surface area (Å²) in [5.41, 5.74) is 3.42. The molecule has 1 heterocycles. The lowest BCUT2D eigenvalue weighted by atomic mass is 10.1. The highest BCUT2D eigenvalue weighted by Crippen LogP contribution is 2.19. The van der Waals surface area contributed by atoms with Crippen molar-refractivity contribution in [2.24, 2.45) is 0 Å². The molecule has 0 radical (unpaired) electrons. The molecule has 0 amide bonds. The van der Waals surface area contributed by atoms with Crippen LogP contribution >= 0.6 is 0 Å². The van der Waals surface area contributed by atoms with Gasteiger partial charge in [-0.2, -0.15) is 0 Å². The average Bonchev–Trinajstić information content (AvgIpc) is 2.30. The second kappa shape index (κ2) is 4.74. The summed E-state index contributed by atoms with van der Waals surface area (Å²) in [5, 5.41) is 8.68. The number of rotatable bonds is 3. The van der Waals surface area contributed by atoms with E-state index in [2.05, 4.69) is 9.97 Å². The van der Waals surface area contributed by atoms with E-state index in [0.717, 1.165) is 22.5 Å². The van der Waals surface area contributed by atoms with Crippen LogP contribution in [0.2, 0.25) is 0 Å². The van der Waals surface area contributed by atoms with Gasteiger partial charge in [0, 0.05) is 18.0 Å². The number of benzene rings is 1. The monoisotopic (exact) mass is 228 g/mol. The molecule has 1 aromatic heterocycles. The summed E-state index contributed by atoms with van der Waals surface area (Å²) < 4.78 is 0. The lowest BCUT2D eigenvalue weighted by Gasteiger charge is -2.04. The van der Waals surface area contributed by atoms with Crippen LogP contribution in [0.5, 0.6) is 0 Å². The third-order valence-electron chi connectivity index (χ3n) is 2.46. The van der Waals surface area contributed by atoms with E-state index in [9.17, 15) is 4.79 Å². The molecule has 0 fully saturated rings. The van der Waals surface area contributed by atoms with Crippen LogP contribution in [0, 0.1) is 6.92 Å². The molecule has 0 unspecified atom stereocenters. The van der Waals surface area contributed by atoms with E-state index in [1.54, 1.807) is 24.5 Å². The summed E-state index contributed by atoms with van der Waals surface area (Å²) in [6, 6.07) is 7.35. The molecule has 0 aliphatic rings. The SMILES string of the molecule is Cc1nccnc1-c1ccc(CC(=O)O)cc1. The van der Waals surface area contributed by atoms with Gasteiger partial charge in [0.15, 0.2) is 0 Å². The van der Waals surface area contributed by atoms with Gasteiger partial charge < -0.3 is 5.11 Å². The van der Waals surface area contributed by atoms with Crippen molar-refractivity contribution in [2.75, 3.05) is 0 Å². The molecule has 2 rings (SSSR count). The lowest BCUT2D eigenvalue weighted by Crippen LogP contribution is -1.99. The summed E-state index contributed by atoms with van der Waals surface area (Å²) in [7, 11) is 0. The molecular formula is C13H12N2O2. The minimum Gasteiger partial charge on any atom is -0.481 e. The van der Waals surface area contributed by atoms with Gasteiger partial charge in [0.05, 0.1) is 17.8 Å². The highest BCUT2D eigenvalue weighted by molar-refractivity contribution is 5.71. The molecule has 86 valence electrons. The van der Waals surface area contributed by atoms with Gasteiger partial charge >= 0.3 is 5.97 Å². The Kier molecular flexibility index (Phi) is 3.14. The van der Waals surface area contributed by atoms with Crippen LogP contribution in [0.25, 0.3) is 11.3 Å². The first kappa shape index (κ1) is 11.3. The van der Waals surface area contributed by atoms with Crippen LogP contribution < -0.4 is 0 Å². The van der Waals surface area contributed by atoms with Gasteiger partial charge in [-0.05, 0) is 12.5 Å². The zero-order valence-electron chi connectivity index (χ0n) is 9.42. The van der Waals surface area contributed by atoms with E-state index in [-0.39, 0.29) is 6.42 Å². The molecule has 0 saturated heterocycles. The summed E-state index contributed by atoms with van der Waals surface area (Å²) in [6.07, 6.45) is 3.34. The van der Waals surface area contributed by atoms with E-state index < -0.39 is 5.97 Å². The fourth-order valence-corrected chi connectivity index (χ4v) is 1.65. The maximum atomic E-state index is 10.6.